The number of aromatic nitrogens is 1. The third-order valence-corrected chi connectivity index (χ3v) is 5.82. The van der Waals surface area contributed by atoms with Crippen LogP contribution in [-0.4, -0.2) is 29.1 Å². The Balaban J connectivity index is 1.64. The van der Waals surface area contributed by atoms with Gasteiger partial charge in [-0.1, -0.05) is 35.5 Å². The summed E-state index contributed by atoms with van der Waals surface area (Å²) >= 11 is 0. The second kappa shape index (κ2) is 9.42. The summed E-state index contributed by atoms with van der Waals surface area (Å²) < 4.78 is 16.3. The van der Waals surface area contributed by atoms with E-state index in [1.165, 1.54) is 12.0 Å². The number of Topliss-reactive ketones (excluding diaryl/α,β-unsaturated/α-hetero) is 1. The summed E-state index contributed by atoms with van der Waals surface area (Å²) in [6.45, 7) is 1.69. The Kier molecular flexibility index (Phi) is 6.00. The first kappa shape index (κ1) is 22.9. The largest absolute Gasteiger partial charge is 0.507 e. The van der Waals surface area contributed by atoms with Gasteiger partial charge in [0.15, 0.2) is 5.82 Å². The minimum absolute atomic E-state index is 0.0670. The molecule has 0 aliphatic carbocycles. The Morgan fingerprint density at radius 2 is 1.64 bits per heavy atom. The first-order valence-electron chi connectivity index (χ1n) is 11.2. The number of amides is 1. The van der Waals surface area contributed by atoms with E-state index in [1.54, 1.807) is 61.5 Å². The number of aliphatic hydroxyl groups excluding tert-OH is 1. The summed E-state index contributed by atoms with van der Waals surface area (Å²) in [5.41, 5.74) is 0.854. The van der Waals surface area contributed by atoms with Gasteiger partial charge in [0, 0.05) is 11.6 Å². The topological polar surface area (TPSA) is 102 Å². The monoisotopic (exact) mass is 482 g/mol. The highest BCUT2D eigenvalue weighted by atomic mass is 16.5. The SMILES string of the molecule is COc1ccc(C(O)=C2C(=O)C(=O)N(c3cc(C)on3)[C@H]2c2cccc(Oc3ccccc3)c2)cc1. The molecule has 1 amide bonds. The van der Waals surface area contributed by atoms with Crippen LogP contribution in [0, 0.1) is 6.92 Å². The number of para-hydroxylation sites is 1. The zero-order chi connectivity index (χ0) is 25.2. The number of anilines is 1. The van der Waals surface area contributed by atoms with Gasteiger partial charge in [-0.3, -0.25) is 14.5 Å². The molecule has 1 saturated heterocycles. The van der Waals surface area contributed by atoms with Gasteiger partial charge >= 0.3 is 5.91 Å². The molecule has 1 aromatic heterocycles. The molecule has 8 nitrogen and oxygen atoms in total. The Morgan fingerprint density at radius 3 is 2.31 bits per heavy atom. The van der Waals surface area contributed by atoms with Crippen LogP contribution in [0.1, 0.15) is 22.9 Å². The lowest BCUT2D eigenvalue weighted by Gasteiger charge is -2.23. The van der Waals surface area contributed by atoms with Gasteiger partial charge in [-0.05, 0) is 61.0 Å². The fourth-order valence-electron chi connectivity index (χ4n) is 4.13. The number of benzene rings is 3. The van der Waals surface area contributed by atoms with Crippen molar-refractivity contribution in [3.05, 3.63) is 107 Å². The van der Waals surface area contributed by atoms with E-state index in [0.29, 0.717) is 34.1 Å². The zero-order valence-corrected chi connectivity index (χ0v) is 19.5. The van der Waals surface area contributed by atoms with Gasteiger partial charge < -0.3 is 19.1 Å². The summed E-state index contributed by atoms with van der Waals surface area (Å²) in [6.07, 6.45) is 0. The lowest BCUT2D eigenvalue weighted by molar-refractivity contribution is -0.132. The number of nitrogens with zero attached hydrogens (tertiary/aromatic N) is 2. The van der Waals surface area contributed by atoms with Crippen molar-refractivity contribution >= 4 is 23.3 Å². The van der Waals surface area contributed by atoms with Gasteiger partial charge in [0.2, 0.25) is 0 Å². The average molecular weight is 482 g/mol. The molecule has 4 aromatic rings. The zero-order valence-electron chi connectivity index (χ0n) is 19.5. The molecule has 1 N–H and O–H groups in total. The van der Waals surface area contributed by atoms with Crippen LogP contribution in [0.2, 0.25) is 0 Å². The number of aliphatic hydroxyl groups is 1. The first-order chi connectivity index (χ1) is 17.5. The maximum Gasteiger partial charge on any atom is 0.301 e. The number of hydrogen-bond acceptors (Lipinski definition) is 7. The average Bonchev–Trinajstić information content (AvgIpc) is 3.44. The van der Waals surface area contributed by atoms with E-state index < -0.39 is 17.7 Å². The van der Waals surface area contributed by atoms with Crippen molar-refractivity contribution in [1.29, 1.82) is 0 Å². The lowest BCUT2D eigenvalue weighted by atomic mass is 9.95. The fraction of sp³-hybridized carbons (Fsp3) is 0.107. The minimum Gasteiger partial charge on any atom is -0.507 e. The number of carbonyl (C=O) groups is 2. The molecule has 1 aliphatic rings. The van der Waals surface area contributed by atoms with Crippen molar-refractivity contribution in [2.75, 3.05) is 12.0 Å². The third-order valence-electron chi connectivity index (χ3n) is 5.82. The second-order valence-corrected chi connectivity index (χ2v) is 8.18. The van der Waals surface area contributed by atoms with Gasteiger partial charge in [-0.2, -0.15) is 0 Å². The van der Waals surface area contributed by atoms with Crippen molar-refractivity contribution in [1.82, 2.24) is 5.16 Å². The molecule has 3 aromatic carbocycles. The van der Waals surface area contributed by atoms with Crippen LogP contribution in [0.5, 0.6) is 17.2 Å². The van der Waals surface area contributed by atoms with Crippen LogP contribution in [0.15, 0.2) is 95.0 Å². The number of methoxy groups -OCH3 is 1. The third kappa shape index (κ3) is 4.20. The van der Waals surface area contributed by atoms with Crippen LogP contribution in [-0.2, 0) is 9.59 Å². The first-order valence-corrected chi connectivity index (χ1v) is 11.2. The van der Waals surface area contributed by atoms with Crippen molar-refractivity contribution in [3.8, 4) is 17.2 Å². The van der Waals surface area contributed by atoms with Crippen LogP contribution in [0.4, 0.5) is 5.82 Å². The Morgan fingerprint density at radius 1 is 0.917 bits per heavy atom. The number of ketones is 1. The van der Waals surface area contributed by atoms with Gasteiger partial charge in [-0.25, -0.2) is 0 Å². The minimum atomic E-state index is -0.962. The van der Waals surface area contributed by atoms with Crippen molar-refractivity contribution in [3.63, 3.8) is 0 Å². The Bertz CT molecular complexity index is 1460. The molecule has 0 bridgehead atoms. The smallest absolute Gasteiger partial charge is 0.301 e. The van der Waals surface area contributed by atoms with E-state index in [0.717, 1.165) is 0 Å². The van der Waals surface area contributed by atoms with E-state index in [9.17, 15) is 14.7 Å². The quantitative estimate of drug-likeness (QED) is 0.223. The van der Waals surface area contributed by atoms with Gasteiger partial charge in [0.25, 0.3) is 5.78 Å². The molecule has 1 fully saturated rings. The van der Waals surface area contributed by atoms with E-state index in [1.807, 2.05) is 30.3 Å². The second-order valence-electron chi connectivity index (χ2n) is 8.18. The van der Waals surface area contributed by atoms with Crippen LogP contribution in [0.3, 0.4) is 0 Å². The summed E-state index contributed by atoms with van der Waals surface area (Å²) in [7, 11) is 1.53. The number of rotatable bonds is 6. The normalized spacial score (nSPS) is 16.8. The van der Waals surface area contributed by atoms with Gasteiger partial charge in [-0.15, -0.1) is 0 Å². The molecular weight excluding hydrogens is 460 g/mol. The van der Waals surface area contributed by atoms with E-state index >= 15 is 0 Å². The highest BCUT2D eigenvalue weighted by molar-refractivity contribution is 6.51. The van der Waals surface area contributed by atoms with Crippen molar-refractivity contribution in [2.45, 2.75) is 13.0 Å². The molecule has 2 heterocycles. The summed E-state index contributed by atoms with van der Waals surface area (Å²) in [6, 6.07) is 23.4. The maximum absolute atomic E-state index is 13.3. The molecule has 1 aliphatic heterocycles. The van der Waals surface area contributed by atoms with Gasteiger partial charge in [0.1, 0.15) is 28.8 Å². The molecule has 180 valence electrons. The van der Waals surface area contributed by atoms with Crippen LogP contribution < -0.4 is 14.4 Å². The number of ether oxygens (including phenoxy) is 2. The maximum atomic E-state index is 13.3. The van der Waals surface area contributed by atoms with Crippen molar-refractivity contribution < 1.29 is 28.7 Å². The molecule has 0 spiro atoms. The highest BCUT2D eigenvalue weighted by Crippen LogP contribution is 2.43. The van der Waals surface area contributed by atoms with E-state index in [2.05, 4.69) is 5.16 Å². The number of carbonyl (C=O) groups excluding carboxylic acids is 2. The Hall–Kier alpha value is -4.85. The lowest BCUT2D eigenvalue weighted by Crippen LogP contribution is -2.29. The molecule has 0 saturated carbocycles. The predicted molar refractivity (Wildman–Crippen MR) is 132 cm³/mol. The van der Waals surface area contributed by atoms with E-state index in [4.69, 9.17) is 14.0 Å². The summed E-state index contributed by atoms with van der Waals surface area (Å²) in [5.74, 6) is 0.412. The van der Waals surface area contributed by atoms with Gasteiger partial charge in [0.05, 0.1) is 18.7 Å². The van der Waals surface area contributed by atoms with E-state index in [-0.39, 0.29) is 17.2 Å². The number of hydrogen-bond donors (Lipinski definition) is 1. The summed E-state index contributed by atoms with van der Waals surface area (Å²) in [5, 5.41) is 15.2. The number of aryl methyl sites for hydroxylation is 1. The molecular formula is C28H22N2O6. The highest BCUT2D eigenvalue weighted by Gasteiger charge is 2.48. The summed E-state index contributed by atoms with van der Waals surface area (Å²) in [4.78, 5) is 27.7. The molecule has 0 unspecified atom stereocenters. The molecule has 1 atom stereocenters. The molecule has 36 heavy (non-hydrogen) atoms. The Labute approximate surface area is 207 Å². The fourth-order valence-corrected chi connectivity index (χ4v) is 4.13. The molecule has 5 rings (SSSR count). The van der Waals surface area contributed by atoms with Crippen molar-refractivity contribution in [2.24, 2.45) is 0 Å². The predicted octanol–water partition coefficient (Wildman–Crippen LogP) is 5.41. The molecule has 8 heteroatoms. The van der Waals surface area contributed by atoms with Crippen LogP contribution >= 0.6 is 0 Å². The standard InChI is InChI=1S/C28H22N2O6/c1-17-15-23(29-36-17)30-25(19-7-6-10-22(16-19)35-21-8-4-3-5-9-21)24(27(32)28(30)33)26(31)18-11-13-20(34-2)14-12-18/h3-16,25,31H,1-2H3/t25-/m0/s1. The molecule has 0 radical (unpaired) electrons. The van der Waals surface area contributed by atoms with Crippen LogP contribution in [0.25, 0.3) is 5.76 Å².